The molecule has 1 aliphatic carbocycles. The molecule has 3 aliphatic rings. The lowest BCUT2D eigenvalue weighted by molar-refractivity contribution is -0.170. The van der Waals surface area contributed by atoms with Gasteiger partial charge in [-0.05, 0) is 12.1 Å². The van der Waals surface area contributed by atoms with Crippen molar-refractivity contribution in [3.63, 3.8) is 0 Å². The first-order valence-corrected chi connectivity index (χ1v) is 8.69. The van der Waals surface area contributed by atoms with E-state index in [9.17, 15) is 4.79 Å². The maximum Gasteiger partial charge on any atom is 0.204 e. The van der Waals surface area contributed by atoms with Crippen LogP contribution in [0.4, 0.5) is 0 Å². The van der Waals surface area contributed by atoms with Crippen LogP contribution in [0.5, 0.6) is 17.2 Å². The Morgan fingerprint density at radius 1 is 1.11 bits per heavy atom. The minimum absolute atomic E-state index is 0.00417. The van der Waals surface area contributed by atoms with Crippen molar-refractivity contribution in [2.24, 2.45) is 0 Å². The SMILES string of the molecule is COc1c(OC)c2c3c(nccc3c1OC)C13OC(C=C21)CC(=O)C3OC. The van der Waals surface area contributed by atoms with Crippen LogP contribution in [0.25, 0.3) is 16.3 Å². The molecule has 1 saturated heterocycles. The van der Waals surface area contributed by atoms with E-state index in [4.69, 9.17) is 23.7 Å². The van der Waals surface area contributed by atoms with Crippen molar-refractivity contribution >= 4 is 22.1 Å². The summed E-state index contributed by atoms with van der Waals surface area (Å²) in [4.78, 5) is 17.4. The second kappa shape index (κ2) is 5.43. The normalized spacial score (nSPS) is 27.6. The number of pyridine rings is 1. The van der Waals surface area contributed by atoms with Gasteiger partial charge in [-0.3, -0.25) is 9.78 Å². The van der Waals surface area contributed by atoms with E-state index in [0.717, 1.165) is 21.9 Å². The van der Waals surface area contributed by atoms with Gasteiger partial charge in [-0.1, -0.05) is 0 Å². The fraction of sp³-hybridized carbons (Fsp3) is 0.400. The number of fused-ring (bicyclic) bond motifs is 2. The number of nitrogens with zero attached hydrogens (tertiary/aromatic N) is 1. The van der Waals surface area contributed by atoms with Crippen LogP contribution < -0.4 is 14.2 Å². The van der Waals surface area contributed by atoms with Gasteiger partial charge in [0.1, 0.15) is 0 Å². The summed E-state index contributed by atoms with van der Waals surface area (Å²) in [6.07, 6.45) is 2.89. The van der Waals surface area contributed by atoms with Crippen LogP contribution in [0.2, 0.25) is 0 Å². The second-order valence-corrected chi connectivity index (χ2v) is 6.82. The maximum atomic E-state index is 12.7. The zero-order chi connectivity index (χ0) is 18.9. The van der Waals surface area contributed by atoms with E-state index in [0.29, 0.717) is 22.9 Å². The number of hydrogen-bond acceptors (Lipinski definition) is 7. The van der Waals surface area contributed by atoms with Crippen LogP contribution in [0.3, 0.4) is 0 Å². The molecule has 5 rings (SSSR count). The van der Waals surface area contributed by atoms with E-state index < -0.39 is 11.7 Å². The van der Waals surface area contributed by atoms with Gasteiger partial charge in [0.25, 0.3) is 0 Å². The highest BCUT2D eigenvalue weighted by atomic mass is 16.6. The summed E-state index contributed by atoms with van der Waals surface area (Å²) < 4.78 is 29.0. The number of Topliss-reactive ketones (excluding diaryl/α,β-unsaturated/α-hetero) is 1. The van der Waals surface area contributed by atoms with Gasteiger partial charge >= 0.3 is 0 Å². The maximum absolute atomic E-state index is 12.7. The number of hydrogen-bond donors (Lipinski definition) is 0. The number of carbonyl (C=O) groups excluding carboxylic acids is 1. The molecule has 2 aliphatic heterocycles. The summed E-state index contributed by atoms with van der Waals surface area (Å²) in [5.74, 6) is 1.60. The van der Waals surface area contributed by atoms with Crippen LogP contribution in [-0.4, -0.2) is 51.4 Å². The molecule has 7 nitrogen and oxygen atoms in total. The Bertz CT molecular complexity index is 1030. The Kier molecular flexibility index (Phi) is 3.33. The second-order valence-electron chi connectivity index (χ2n) is 6.82. The van der Waals surface area contributed by atoms with Gasteiger partial charge in [-0.2, -0.15) is 0 Å². The first kappa shape index (κ1) is 16.5. The lowest BCUT2D eigenvalue weighted by Crippen LogP contribution is -2.51. The molecule has 0 N–H and O–H groups in total. The van der Waals surface area contributed by atoms with E-state index in [1.165, 1.54) is 7.11 Å². The van der Waals surface area contributed by atoms with Crippen LogP contribution in [0.15, 0.2) is 18.3 Å². The average Bonchev–Trinajstić information content (AvgIpc) is 3.12. The summed E-state index contributed by atoms with van der Waals surface area (Å²) in [6.45, 7) is 0. The number of benzene rings is 1. The van der Waals surface area contributed by atoms with Gasteiger partial charge in [-0.15, -0.1) is 0 Å². The fourth-order valence-electron chi connectivity index (χ4n) is 4.83. The first-order valence-electron chi connectivity index (χ1n) is 8.69. The summed E-state index contributed by atoms with van der Waals surface area (Å²) in [5.41, 5.74) is 1.26. The monoisotopic (exact) mass is 369 g/mol. The number of aromatic nitrogens is 1. The van der Waals surface area contributed by atoms with E-state index in [1.807, 2.05) is 12.1 Å². The predicted molar refractivity (Wildman–Crippen MR) is 96.3 cm³/mol. The highest BCUT2D eigenvalue weighted by Crippen LogP contribution is 2.64. The lowest BCUT2D eigenvalue weighted by Gasteiger charge is -2.38. The fourth-order valence-corrected chi connectivity index (χ4v) is 4.83. The molecule has 3 heterocycles. The van der Waals surface area contributed by atoms with Crippen molar-refractivity contribution in [1.82, 2.24) is 4.98 Å². The van der Waals surface area contributed by atoms with Gasteiger partial charge < -0.3 is 23.7 Å². The molecule has 2 aromatic rings. The Hall–Kier alpha value is -2.64. The number of ketones is 1. The van der Waals surface area contributed by atoms with Gasteiger partial charge in [-0.25, -0.2) is 0 Å². The average molecular weight is 369 g/mol. The van der Waals surface area contributed by atoms with Gasteiger partial charge in [0.05, 0.1) is 33.1 Å². The Balaban J connectivity index is 1.96. The summed E-state index contributed by atoms with van der Waals surface area (Å²) >= 11 is 0. The quantitative estimate of drug-likeness (QED) is 0.818. The van der Waals surface area contributed by atoms with Crippen LogP contribution >= 0.6 is 0 Å². The number of methoxy groups -OCH3 is 4. The van der Waals surface area contributed by atoms with Gasteiger partial charge in [0.15, 0.2) is 29.0 Å². The Morgan fingerprint density at radius 3 is 2.52 bits per heavy atom. The van der Waals surface area contributed by atoms with Crippen LogP contribution in [0, 0.1) is 0 Å². The van der Waals surface area contributed by atoms with E-state index in [2.05, 4.69) is 4.98 Å². The van der Waals surface area contributed by atoms with Gasteiger partial charge in [0, 0.05) is 41.6 Å². The molecule has 1 spiro atoms. The predicted octanol–water partition coefficient (Wildman–Crippen LogP) is 2.24. The summed E-state index contributed by atoms with van der Waals surface area (Å²) in [7, 11) is 6.27. The molecule has 3 unspecified atom stereocenters. The minimum atomic E-state index is -1.07. The third-order valence-corrected chi connectivity index (χ3v) is 5.71. The molecule has 7 heteroatoms. The number of ether oxygens (including phenoxy) is 5. The molecular formula is C20H19NO6. The summed E-state index contributed by atoms with van der Waals surface area (Å²) in [6, 6.07) is 1.87. The molecule has 2 bridgehead atoms. The standard InChI is InChI=1S/C20H19NO6/c1-23-15-10-5-6-21-18-13(10)14(16(24-2)17(15)25-3)11-7-9-8-12(22)19(26-4)20(11,18)27-9/h5-7,9,19H,8H2,1-4H3. The highest BCUT2D eigenvalue weighted by molar-refractivity contribution is 6.12. The number of rotatable bonds is 4. The molecule has 140 valence electrons. The minimum Gasteiger partial charge on any atom is -0.492 e. The number of carbonyl (C=O) groups is 1. The molecule has 1 aromatic heterocycles. The lowest BCUT2D eigenvalue weighted by atomic mass is 9.85. The Labute approximate surface area is 155 Å². The zero-order valence-electron chi connectivity index (χ0n) is 15.5. The smallest absolute Gasteiger partial charge is 0.204 e. The Morgan fingerprint density at radius 2 is 1.85 bits per heavy atom. The summed E-state index contributed by atoms with van der Waals surface area (Å²) in [5, 5.41) is 1.67. The molecular weight excluding hydrogens is 350 g/mol. The van der Waals surface area contributed by atoms with Gasteiger partial charge in [0.2, 0.25) is 5.75 Å². The molecule has 0 radical (unpaired) electrons. The molecule has 0 amide bonds. The van der Waals surface area contributed by atoms with Crippen molar-refractivity contribution in [2.45, 2.75) is 24.2 Å². The third kappa shape index (κ3) is 1.74. The van der Waals surface area contributed by atoms with E-state index in [-0.39, 0.29) is 18.3 Å². The van der Waals surface area contributed by atoms with Crippen molar-refractivity contribution in [3.8, 4) is 17.2 Å². The van der Waals surface area contributed by atoms with Crippen molar-refractivity contribution in [1.29, 1.82) is 0 Å². The van der Waals surface area contributed by atoms with E-state index >= 15 is 0 Å². The van der Waals surface area contributed by atoms with Crippen molar-refractivity contribution < 1.29 is 28.5 Å². The van der Waals surface area contributed by atoms with Crippen LogP contribution in [-0.2, 0) is 19.9 Å². The molecule has 1 aromatic carbocycles. The molecule has 0 saturated carbocycles. The molecule has 1 fully saturated rings. The van der Waals surface area contributed by atoms with E-state index in [1.54, 1.807) is 27.5 Å². The largest absolute Gasteiger partial charge is 0.492 e. The van der Waals surface area contributed by atoms with Crippen molar-refractivity contribution in [2.75, 3.05) is 28.4 Å². The third-order valence-electron chi connectivity index (χ3n) is 5.71. The first-order chi connectivity index (χ1) is 13.1. The topological polar surface area (TPSA) is 76.1 Å². The highest BCUT2D eigenvalue weighted by Gasteiger charge is 2.63. The van der Waals surface area contributed by atoms with Crippen LogP contribution in [0.1, 0.15) is 17.7 Å². The zero-order valence-corrected chi connectivity index (χ0v) is 15.5. The van der Waals surface area contributed by atoms with Crippen molar-refractivity contribution in [3.05, 3.63) is 29.6 Å². The molecule has 27 heavy (non-hydrogen) atoms. The molecule has 3 atom stereocenters.